The largest absolute Gasteiger partial charge is 0.365 e. The van der Waals surface area contributed by atoms with E-state index in [0.29, 0.717) is 13.0 Å². The molecule has 0 unspecified atom stereocenters. The molecular weight excluding hydrogens is 515 g/mol. The van der Waals surface area contributed by atoms with E-state index in [4.69, 9.17) is 28.0 Å². The minimum Gasteiger partial charge on any atom is -0.365 e. The lowest BCUT2D eigenvalue weighted by molar-refractivity contribution is -0.235. The minimum atomic E-state index is -3.51. The first-order valence-electron chi connectivity index (χ1n) is 13.4. The van der Waals surface area contributed by atoms with Crippen molar-refractivity contribution in [3.63, 3.8) is 0 Å². The van der Waals surface area contributed by atoms with Crippen LogP contribution in [0, 0.1) is 0 Å². The second kappa shape index (κ2) is 12.0. The quantitative estimate of drug-likeness (QED) is 0.228. The molecule has 2 aliphatic heterocycles. The third kappa shape index (κ3) is 7.05. The summed E-state index contributed by atoms with van der Waals surface area (Å²) in [7, 11) is -3.51. The molecule has 4 atom stereocenters. The van der Waals surface area contributed by atoms with Crippen LogP contribution in [0.15, 0.2) is 91.0 Å². The van der Waals surface area contributed by atoms with Crippen molar-refractivity contribution < 1.29 is 32.6 Å². The number of hydrogen-bond donors (Lipinski definition) is 0. The van der Waals surface area contributed by atoms with E-state index in [2.05, 4.69) is 0 Å². The first-order valence-corrected chi connectivity index (χ1v) is 15.1. The fraction of sp³-hybridized carbons (Fsp3) is 0.419. The molecule has 0 spiro atoms. The van der Waals surface area contributed by atoms with Gasteiger partial charge in [0.2, 0.25) is 0 Å². The Balaban J connectivity index is 1.31. The Hall–Kier alpha value is -2.35. The zero-order valence-corrected chi connectivity index (χ0v) is 23.6. The molecule has 8 heteroatoms. The van der Waals surface area contributed by atoms with E-state index in [1.54, 1.807) is 0 Å². The standard InChI is InChI=1S/C31H37O7P/c1-30(2)37-28-29(38-30)36-27(31(28,3)33-21-24-13-7-4-8-14-24)19-20-39(32,34-22-25-15-9-5-10-16-25)35-23-26-17-11-6-12-18-26/h4-18,27-29H,19-23H2,1-3H3/t27-,28+,29-,31-/m1/s1. The van der Waals surface area contributed by atoms with Crippen molar-refractivity contribution in [3.8, 4) is 0 Å². The number of fused-ring (bicyclic) bond motifs is 1. The monoisotopic (exact) mass is 552 g/mol. The molecule has 0 amide bonds. The zero-order valence-electron chi connectivity index (χ0n) is 22.7. The van der Waals surface area contributed by atoms with Gasteiger partial charge in [-0.25, -0.2) is 0 Å². The third-order valence-electron chi connectivity index (χ3n) is 7.16. The minimum absolute atomic E-state index is 0.157. The fourth-order valence-corrected chi connectivity index (χ4v) is 6.55. The van der Waals surface area contributed by atoms with Crippen LogP contribution in [0.2, 0.25) is 0 Å². The van der Waals surface area contributed by atoms with Gasteiger partial charge in [-0.1, -0.05) is 91.0 Å². The molecule has 0 aliphatic carbocycles. The Morgan fingerprint density at radius 2 is 1.21 bits per heavy atom. The molecule has 0 aromatic heterocycles. The van der Waals surface area contributed by atoms with E-state index in [-0.39, 0.29) is 19.4 Å². The van der Waals surface area contributed by atoms with E-state index >= 15 is 0 Å². The SMILES string of the molecule is CC1(C)O[C@H]2O[C@H](CCP(=O)(OCc3ccccc3)OCc3ccccc3)[C@@](C)(OCc3ccccc3)[C@H]2O1. The van der Waals surface area contributed by atoms with E-state index < -0.39 is 37.5 Å². The normalized spacial score (nSPS) is 26.0. The number of rotatable bonds is 12. The van der Waals surface area contributed by atoms with Gasteiger partial charge in [0.25, 0.3) is 0 Å². The Labute approximate surface area is 230 Å². The van der Waals surface area contributed by atoms with Gasteiger partial charge < -0.3 is 28.0 Å². The summed E-state index contributed by atoms with van der Waals surface area (Å²) in [5, 5.41) is 0. The average molecular weight is 553 g/mol. The first-order chi connectivity index (χ1) is 18.7. The lowest BCUT2D eigenvalue weighted by atomic mass is 9.92. The summed E-state index contributed by atoms with van der Waals surface area (Å²) in [5.41, 5.74) is 2.06. The van der Waals surface area contributed by atoms with Crippen LogP contribution in [0.25, 0.3) is 0 Å². The third-order valence-corrected chi connectivity index (χ3v) is 9.01. The van der Waals surface area contributed by atoms with Crippen molar-refractivity contribution in [3.05, 3.63) is 108 Å². The van der Waals surface area contributed by atoms with Gasteiger partial charge in [0.1, 0.15) is 11.7 Å². The van der Waals surface area contributed by atoms with Crippen LogP contribution in [0.3, 0.4) is 0 Å². The molecule has 5 rings (SSSR count). The molecule has 3 aromatic carbocycles. The van der Waals surface area contributed by atoms with E-state index in [1.165, 1.54) is 0 Å². The van der Waals surface area contributed by atoms with E-state index in [0.717, 1.165) is 16.7 Å². The molecule has 0 saturated carbocycles. The molecule has 0 radical (unpaired) electrons. The van der Waals surface area contributed by atoms with Crippen molar-refractivity contribution in [2.75, 3.05) is 6.16 Å². The smallest absolute Gasteiger partial charge is 0.331 e. The van der Waals surface area contributed by atoms with E-state index in [9.17, 15) is 4.57 Å². The lowest BCUT2D eigenvalue weighted by Gasteiger charge is -2.35. The average Bonchev–Trinajstić information content (AvgIpc) is 3.40. The number of benzene rings is 3. The lowest BCUT2D eigenvalue weighted by Crippen LogP contribution is -2.49. The molecule has 39 heavy (non-hydrogen) atoms. The molecule has 2 heterocycles. The maximum Gasteiger partial charge on any atom is 0.331 e. The second-order valence-corrected chi connectivity index (χ2v) is 12.8. The van der Waals surface area contributed by atoms with Gasteiger partial charge in [0.05, 0.1) is 32.1 Å². The Kier molecular flexibility index (Phi) is 8.69. The molecule has 0 bridgehead atoms. The van der Waals surface area contributed by atoms with Gasteiger partial charge in [0.15, 0.2) is 12.1 Å². The second-order valence-electron chi connectivity index (χ2n) is 10.6. The van der Waals surface area contributed by atoms with Crippen LogP contribution in [0.1, 0.15) is 43.9 Å². The maximum absolute atomic E-state index is 14.1. The summed E-state index contributed by atoms with van der Waals surface area (Å²) in [6, 6.07) is 29.3. The fourth-order valence-electron chi connectivity index (χ4n) is 4.98. The van der Waals surface area contributed by atoms with Crippen LogP contribution >= 0.6 is 7.60 Å². The number of ether oxygens (including phenoxy) is 4. The molecule has 3 aromatic rings. The van der Waals surface area contributed by atoms with Gasteiger partial charge in [0, 0.05) is 0 Å². The molecule has 2 fully saturated rings. The molecule has 2 aliphatic rings. The highest BCUT2D eigenvalue weighted by atomic mass is 31.2. The predicted octanol–water partition coefficient (Wildman–Crippen LogP) is 6.86. The summed E-state index contributed by atoms with van der Waals surface area (Å²) in [4.78, 5) is 0. The van der Waals surface area contributed by atoms with Gasteiger partial charge in [-0.2, -0.15) is 0 Å². The van der Waals surface area contributed by atoms with Gasteiger partial charge in [-0.3, -0.25) is 4.57 Å². The summed E-state index contributed by atoms with van der Waals surface area (Å²) in [5.74, 6) is -0.787. The number of hydrogen-bond acceptors (Lipinski definition) is 7. The van der Waals surface area contributed by atoms with Crippen molar-refractivity contribution in [1.29, 1.82) is 0 Å². The predicted molar refractivity (Wildman–Crippen MR) is 148 cm³/mol. The van der Waals surface area contributed by atoms with Gasteiger partial charge >= 0.3 is 7.60 Å². The van der Waals surface area contributed by atoms with Crippen molar-refractivity contribution in [2.45, 2.75) is 76.9 Å². The van der Waals surface area contributed by atoms with Crippen LogP contribution in [-0.2, 0) is 52.4 Å². The Morgan fingerprint density at radius 1 is 0.718 bits per heavy atom. The highest BCUT2D eigenvalue weighted by molar-refractivity contribution is 7.53. The molecule has 7 nitrogen and oxygen atoms in total. The van der Waals surface area contributed by atoms with Crippen LogP contribution < -0.4 is 0 Å². The topological polar surface area (TPSA) is 72.5 Å². The van der Waals surface area contributed by atoms with Crippen LogP contribution in [0.5, 0.6) is 0 Å². The molecule has 2 saturated heterocycles. The van der Waals surface area contributed by atoms with Gasteiger partial charge in [-0.15, -0.1) is 0 Å². The highest BCUT2D eigenvalue weighted by Crippen LogP contribution is 2.53. The Morgan fingerprint density at radius 3 is 1.72 bits per heavy atom. The summed E-state index contributed by atoms with van der Waals surface area (Å²) in [6.07, 6.45) is -0.922. The first kappa shape index (κ1) is 28.2. The summed E-state index contributed by atoms with van der Waals surface area (Å²) < 4.78 is 51.2. The van der Waals surface area contributed by atoms with Crippen LogP contribution in [-0.4, -0.2) is 36.0 Å². The van der Waals surface area contributed by atoms with Crippen molar-refractivity contribution >= 4 is 7.60 Å². The van der Waals surface area contributed by atoms with Crippen molar-refractivity contribution in [1.82, 2.24) is 0 Å². The highest BCUT2D eigenvalue weighted by Gasteiger charge is 2.62. The van der Waals surface area contributed by atoms with E-state index in [1.807, 2.05) is 112 Å². The zero-order chi connectivity index (χ0) is 27.3. The Bertz CT molecular complexity index is 1190. The molecule has 0 N–H and O–H groups in total. The summed E-state index contributed by atoms with van der Waals surface area (Å²) in [6.45, 7) is 6.47. The summed E-state index contributed by atoms with van der Waals surface area (Å²) >= 11 is 0. The van der Waals surface area contributed by atoms with Crippen molar-refractivity contribution in [2.24, 2.45) is 0 Å². The maximum atomic E-state index is 14.1. The molecule has 208 valence electrons. The molecular formula is C31H37O7P. The van der Waals surface area contributed by atoms with Gasteiger partial charge in [-0.05, 0) is 43.9 Å². The van der Waals surface area contributed by atoms with Crippen LogP contribution in [0.4, 0.5) is 0 Å².